The van der Waals surface area contributed by atoms with Gasteiger partial charge in [0.05, 0.1) is 6.54 Å². The van der Waals surface area contributed by atoms with Crippen molar-refractivity contribution < 1.29 is 17.5 Å². The molecule has 0 bridgehead atoms. The van der Waals surface area contributed by atoms with Gasteiger partial charge in [0, 0.05) is 5.92 Å². The first-order valence-electron chi connectivity index (χ1n) is 6.22. The van der Waals surface area contributed by atoms with Crippen LogP contribution >= 0.6 is 0 Å². The van der Waals surface area contributed by atoms with E-state index < -0.39 is 10.0 Å². The number of hydrogen-bond acceptors (Lipinski definition) is 7. The Balaban J connectivity index is 1.73. The summed E-state index contributed by atoms with van der Waals surface area (Å²) in [7, 11) is -3.71. The van der Waals surface area contributed by atoms with Gasteiger partial charge in [-0.1, -0.05) is 10.3 Å². The van der Waals surface area contributed by atoms with E-state index in [9.17, 15) is 8.42 Å². The second kappa shape index (κ2) is 4.67. The highest BCUT2D eigenvalue weighted by atomic mass is 32.2. The Bertz CT molecular complexity index is 710. The van der Waals surface area contributed by atoms with Crippen molar-refractivity contribution in [2.45, 2.75) is 44.0 Å². The molecule has 0 amide bonds. The van der Waals surface area contributed by atoms with Crippen LogP contribution in [0.3, 0.4) is 0 Å². The van der Waals surface area contributed by atoms with Gasteiger partial charge in [0.25, 0.3) is 0 Å². The molecule has 0 unspecified atom stereocenters. The van der Waals surface area contributed by atoms with Crippen LogP contribution in [0.15, 0.2) is 13.9 Å². The molecule has 1 aliphatic carbocycles. The smallest absolute Gasteiger partial charge is 0.246 e. The molecule has 1 aliphatic rings. The molecule has 2 aromatic rings. The Morgan fingerprint density at radius 2 is 2.00 bits per heavy atom. The highest BCUT2D eigenvalue weighted by molar-refractivity contribution is 7.89. The molecule has 0 radical (unpaired) electrons. The highest BCUT2D eigenvalue weighted by Gasteiger charge is 2.29. The largest absolute Gasteiger partial charge is 0.360 e. The maximum atomic E-state index is 12.2. The minimum Gasteiger partial charge on any atom is -0.360 e. The van der Waals surface area contributed by atoms with Crippen LogP contribution in [0.2, 0.25) is 0 Å². The Morgan fingerprint density at radius 3 is 2.60 bits per heavy atom. The lowest BCUT2D eigenvalue weighted by atomic mass is 10.4. The van der Waals surface area contributed by atoms with Gasteiger partial charge in [0.2, 0.25) is 15.9 Å². The Hall–Kier alpha value is -1.74. The molecule has 0 aromatic carbocycles. The average Bonchev–Trinajstić information content (AvgIpc) is 3.03. The summed E-state index contributed by atoms with van der Waals surface area (Å²) in [4.78, 5) is 4.21. The van der Waals surface area contributed by atoms with Crippen LogP contribution in [-0.4, -0.2) is 23.7 Å². The minimum absolute atomic E-state index is 0.0495. The first-order chi connectivity index (χ1) is 9.47. The van der Waals surface area contributed by atoms with Gasteiger partial charge in [-0.2, -0.15) is 4.98 Å². The molecule has 2 aromatic heterocycles. The van der Waals surface area contributed by atoms with Crippen LogP contribution in [-0.2, 0) is 16.6 Å². The molecule has 9 heteroatoms. The third-order valence-electron chi connectivity index (χ3n) is 3.08. The Labute approximate surface area is 115 Å². The molecular formula is C11H14N4O4S. The number of rotatable bonds is 5. The van der Waals surface area contributed by atoms with E-state index in [1.165, 1.54) is 0 Å². The number of aromatic nitrogens is 3. The first-order valence-corrected chi connectivity index (χ1v) is 7.70. The lowest BCUT2D eigenvalue weighted by Crippen LogP contribution is -2.24. The minimum atomic E-state index is -3.71. The number of hydrogen-bond donors (Lipinski definition) is 1. The fraction of sp³-hybridized carbons (Fsp3) is 0.545. The zero-order valence-electron chi connectivity index (χ0n) is 11.1. The summed E-state index contributed by atoms with van der Waals surface area (Å²) >= 11 is 0. The van der Waals surface area contributed by atoms with Crippen molar-refractivity contribution in [2.24, 2.45) is 0 Å². The second-order valence-electron chi connectivity index (χ2n) is 4.80. The lowest BCUT2D eigenvalue weighted by Gasteiger charge is -2.03. The number of nitrogens with one attached hydrogen (secondary N) is 1. The van der Waals surface area contributed by atoms with Gasteiger partial charge in [-0.3, -0.25) is 0 Å². The van der Waals surface area contributed by atoms with Gasteiger partial charge >= 0.3 is 0 Å². The lowest BCUT2D eigenvalue weighted by molar-refractivity contribution is 0.370. The van der Waals surface area contributed by atoms with Crippen LogP contribution in [0.1, 0.15) is 41.9 Å². The number of sulfonamides is 1. The van der Waals surface area contributed by atoms with Gasteiger partial charge in [-0.25, -0.2) is 13.1 Å². The maximum absolute atomic E-state index is 12.2. The molecule has 1 saturated carbocycles. The number of nitrogens with zero attached hydrogens (tertiary/aromatic N) is 3. The zero-order chi connectivity index (χ0) is 14.3. The van der Waals surface area contributed by atoms with Crippen molar-refractivity contribution in [3.05, 3.63) is 23.2 Å². The quantitative estimate of drug-likeness (QED) is 0.877. The Morgan fingerprint density at radius 1 is 1.25 bits per heavy atom. The third-order valence-corrected chi connectivity index (χ3v) is 4.72. The van der Waals surface area contributed by atoms with E-state index in [1.54, 1.807) is 13.8 Å². The number of aryl methyl sites for hydroxylation is 2. The molecule has 1 N–H and O–H groups in total. The monoisotopic (exact) mass is 298 g/mol. The van der Waals surface area contributed by atoms with Gasteiger partial charge in [-0.15, -0.1) is 0 Å². The highest BCUT2D eigenvalue weighted by Crippen LogP contribution is 2.38. The fourth-order valence-electron chi connectivity index (χ4n) is 1.93. The molecule has 108 valence electrons. The van der Waals surface area contributed by atoms with Crippen molar-refractivity contribution in [3.8, 4) is 0 Å². The van der Waals surface area contributed by atoms with Crippen LogP contribution < -0.4 is 4.72 Å². The van der Waals surface area contributed by atoms with Crippen LogP contribution in [0.5, 0.6) is 0 Å². The molecule has 0 aliphatic heterocycles. The van der Waals surface area contributed by atoms with E-state index in [4.69, 9.17) is 9.05 Å². The summed E-state index contributed by atoms with van der Waals surface area (Å²) in [5.74, 6) is 1.52. The van der Waals surface area contributed by atoms with E-state index >= 15 is 0 Å². The van der Waals surface area contributed by atoms with E-state index in [1.807, 2.05) is 0 Å². The fourth-order valence-corrected chi connectivity index (χ4v) is 3.23. The predicted octanol–water partition coefficient (Wildman–Crippen LogP) is 1.03. The zero-order valence-corrected chi connectivity index (χ0v) is 11.9. The summed E-state index contributed by atoms with van der Waals surface area (Å²) in [5.41, 5.74) is 0.319. The standard InChI is InChI=1S/C11H14N4O4S/c1-6-10(7(2)18-14-6)20(16,17)12-5-9-13-11(15-19-9)8-3-4-8/h8,12H,3-5H2,1-2H3. The average molecular weight is 298 g/mol. The van der Waals surface area contributed by atoms with Crippen molar-refractivity contribution in [2.75, 3.05) is 0 Å². The van der Waals surface area contributed by atoms with E-state index in [-0.39, 0.29) is 23.1 Å². The second-order valence-corrected chi connectivity index (χ2v) is 6.50. The summed E-state index contributed by atoms with van der Waals surface area (Å²) in [6, 6.07) is 0. The predicted molar refractivity (Wildman–Crippen MR) is 66.3 cm³/mol. The molecule has 0 saturated heterocycles. The van der Waals surface area contributed by atoms with Crippen LogP contribution in [0, 0.1) is 13.8 Å². The summed E-state index contributed by atoms with van der Waals surface area (Å²) < 4.78 is 36.6. The third kappa shape index (κ3) is 2.46. The van der Waals surface area contributed by atoms with E-state index in [0.717, 1.165) is 12.8 Å². The normalized spacial score (nSPS) is 15.7. The van der Waals surface area contributed by atoms with E-state index in [2.05, 4.69) is 20.0 Å². The van der Waals surface area contributed by atoms with Crippen molar-refractivity contribution >= 4 is 10.0 Å². The first kappa shape index (κ1) is 13.3. The van der Waals surface area contributed by atoms with Gasteiger partial charge < -0.3 is 9.05 Å². The van der Waals surface area contributed by atoms with Crippen LogP contribution in [0.4, 0.5) is 0 Å². The van der Waals surface area contributed by atoms with Crippen molar-refractivity contribution in [3.63, 3.8) is 0 Å². The molecule has 3 rings (SSSR count). The molecule has 8 nitrogen and oxygen atoms in total. The maximum Gasteiger partial charge on any atom is 0.246 e. The van der Waals surface area contributed by atoms with E-state index in [0.29, 0.717) is 17.4 Å². The summed E-state index contributed by atoms with van der Waals surface area (Å²) in [6.07, 6.45) is 2.12. The SMILES string of the molecule is Cc1noc(C)c1S(=O)(=O)NCc1nc(C2CC2)no1. The summed E-state index contributed by atoms with van der Waals surface area (Å²) in [5, 5.41) is 7.45. The van der Waals surface area contributed by atoms with Gasteiger partial charge in [-0.05, 0) is 26.7 Å². The van der Waals surface area contributed by atoms with Gasteiger partial charge in [0.15, 0.2) is 11.6 Å². The summed E-state index contributed by atoms with van der Waals surface area (Å²) in [6.45, 7) is 3.07. The Kier molecular flexibility index (Phi) is 3.09. The molecule has 2 heterocycles. The molecule has 1 fully saturated rings. The van der Waals surface area contributed by atoms with Gasteiger partial charge in [0.1, 0.15) is 10.6 Å². The van der Waals surface area contributed by atoms with Crippen molar-refractivity contribution in [1.29, 1.82) is 0 Å². The molecule has 20 heavy (non-hydrogen) atoms. The molecule has 0 atom stereocenters. The van der Waals surface area contributed by atoms with Crippen LogP contribution in [0.25, 0.3) is 0 Å². The molecular weight excluding hydrogens is 284 g/mol. The topological polar surface area (TPSA) is 111 Å². The van der Waals surface area contributed by atoms with Crippen molar-refractivity contribution in [1.82, 2.24) is 20.0 Å². The molecule has 0 spiro atoms.